The smallest absolute Gasteiger partial charge is 0.297 e. The highest BCUT2D eigenvalue weighted by molar-refractivity contribution is 9.10. The molecule has 27 heavy (non-hydrogen) atoms. The Hall–Kier alpha value is -2.98. The lowest BCUT2D eigenvalue weighted by molar-refractivity contribution is 0.0141. The Kier molecular flexibility index (Phi) is 5.99. The maximum Gasteiger partial charge on any atom is 0.297 e. The van der Waals surface area contributed by atoms with Crippen LogP contribution in [0.3, 0.4) is 0 Å². The third-order valence-corrected chi connectivity index (χ3v) is 3.88. The van der Waals surface area contributed by atoms with E-state index in [2.05, 4.69) is 43.4 Å². The zero-order chi connectivity index (χ0) is 19.2. The second-order valence-corrected chi connectivity index (χ2v) is 6.12. The number of hydrogen-bond donors (Lipinski definition) is 2. The molecular formula is C17H15BrFN5O3. The van der Waals surface area contributed by atoms with Gasteiger partial charge >= 0.3 is 0 Å². The van der Waals surface area contributed by atoms with E-state index in [9.17, 15) is 9.18 Å². The number of hydroxylamine groups is 1. The number of fused-ring (bicyclic) bond motifs is 1. The highest BCUT2D eigenvalue weighted by Crippen LogP contribution is 2.25. The minimum atomic E-state index is -0.607. The zero-order valence-electron chi connectivity index (χ0n) is 14.0. The topological polar surface area (TPSA) is 89.8 Å². The van der Waals surface area contributed by atoms with Gasteiger partial charge in [0.2, 0.25) is 0 Å². The molecule has 1 aromatic carbocycles. The molecule has 0 bridgehead atoms. The molecule has 0 fully saturated rings. The van der Waals surface area contributed by atoms with Gasteiger partial charge in [-0.25, -0.2) is 19.4 Å². The van der Waals surface area contributed by atoms with Crippen LogP contribution in [0.1, 0.15) is 10.5 Å². The third kappa shape index (κ3) is 4.60. The van der Waals surface area contributed by atoms with Gasteiger partial charge in [0, 0.05) is 22.9 Å². The molecule has 0 aliphatic heterocycles. The number of imidazole rings is 1. The number of anilines is 2. The Morgan fingerprint density at radius 3 is 2.96 bits per heavy atom. The summed E-state index contributed by atoms with van der Waals surface area (Å²) in [5.74, 6) is -1.10. The zero-order valence-corrected chi connectivity index (χ0v) is 15.6. The van der Waals surface area contributed by atoms with E-state index in [0.717, 1.165) is 0 Å². The van der Waals surface area contributed by atoms with Crippen molar-refractivity contribution < 1.29 is 18.8 Å². The van der Waals surface area contributed by atoms with Crippen molar-refractivity contribution in [3.05, 3.63) is 65.5 Å². The number of aromatic nitrogens is 3. The Bertz CT molecular complexity index is 978. The minimum absolute atomic E-state index is 0.00691. The molecule has 0 aliphatic rings. The van der Waals surface area contributed by atoms with E-state index in [1.54, 1.807) is 24.4 Å². The number of amides is 1. The fraction of sp³-hybridized carbons (Fsp3) is 0.118. The lowest BCUT2D eigenvalue weighted by Gasteiger charge is -2.13. The second kappa shape index (κ2) is 8.60. The van der Waals surface area contributed by atoms with Crippen LogP contribution < -0.4 is 10.8 Å². The first-order valence-corrected chi connectivity index (χ1v) is 8.59. The first-order valence-electron chi connectivity index (χ1n) is 7.79. The molecule has 0 spiro atoms. The van der Waals surface area contributed by atoms with Crippen LogP contribution in [0, 0.1) is 5.82 Å². The summed E-state index contributed by atoms with van der Waals surface area (Å²) in [6.45, 7) is 3.75. The molecule has 0 atom stereocenters. The van der Waals surface area contributed by atoms with E-state index < -0.39 is 11.7 Å². The molecule has 3 aromatic rings. The fourth-order valence-electron chi connectivity index (χ4n) is 2.19. The number of ether oxygens (including phenoxy) is 1. The number of carbonyl (C=O) groups excluding carboxylic acids is 1. The van der Waals surface area contributed by atoms with Gasteiger partial charge in [-0.3, -0.25) is 9.63 Å². The molecule has 1 amide bonds. The highest BCUT2D eigenvalue weighted by atomic mass is 79.9. The maximum atomic E-state index is 14.2. The van der Waals surface area contributed by atoms with Crippen molar-refractivity contribution >= 4 is 38.9 Å². The number of halogens is 2. The van der Waals surface area contributed by atoms with Crippen molar-refractivity contribution in [2.45, 2.75) is 0 Å². The van der Waals surface area contributed by atoms with E-state index in [-0.39, 0.29) is 30.3 Å². The van der Waals surface area contributed by atoms with Gasteiger partial charge in [-0.2, -0.15) is 5.10 Å². The number of nitrogens with one attached hydrogen (secondary N) is 2. The van der Waals surface area contributed by atoms with Crippen molar-refractivity contribution in [3.8, 4) is 0 Å². The second-order valence-electron chi connectivity index (χ2n) is 5.20. The molecule has 0 aliphatic carbocycles. The van der Waals surface area contributed by atoms with Crippen LogP contribution in [-0.2, 0) is 9.57 Å². The number of hydrogen-bond acceptors (Lipinski definition) is 6. The third-order valence-electron chi connectivity index (χ3n) is 3.39. The lowest BCUT2D eigenvalue weighted by atomic mass is 10.2. The first kappa shape index (κ1) is 18.8. The van der Waals surface area contributed by atoms with Crippen LogP contribution in [0.25, 0.3) is 5.65 Å². The SMILES string of the molecule is C=COCCONC(=O)c1nn2ccnc2cc1Nc1ccc(Br)cc1F. The van der Waals surface area contributed by atoms with Crippen molar-refractivity contribution in [2.75, 3.05) is 18.5 Å². The average molecular weight is 436 g/mol. The molecule has 0 unspecified atom stereocenters. The van der Waals surface area contributed by atoms with Crippen LogP contribution in [0.4, 0.5) is 15.8 Å². The fourth-order valence-corrected chi connectivity index (χ4v) is 2.53. The van der Waals surface area contributed by atoms with Crippen molar-refractivity contribution in [1.29, 1.82) is 0 Å². The summed E-state index contributed by atoms with van der Waals surface area (Å²) in [5, 5.41) is 7.09. The van der Waals surface area contributed by atoms with Gasteiger partial charge in [0.25, 0.3) is 5.91 Å². The standard InChI is InChI=1S/C17H15BrFN5O3/c1-2-26-7-8-27-23-17(25)16-14(10-15-20-5-6-24(15)22-16)21-13-4-3-11(18)9-12(13)19/h2-6,9-10,21H,1,7-8H2,(H,23,25). The molecule has 3 rings (SSSR count). The van der Waals surface area contributed by atoms with Gasteiger partial charge in [0.15, 0.2) is 11.3 Å². The van der Waals surface area contributed by atoms with E-state index in [4.69, 9.17) is 9.57 Å². The van der Waals surface area contributed by atoms with Crippen LogP contribution >= 0.6 is 15.9 Å². The summed E-state index contributed by atoms with van der Waals surface area (Å²) in [4.78, 5) is 21.6. The van der Waals surface area contributed by atoms with Crippen molar-refractivity contribution in [2.24, 2.45) is 0 Å². The monoisotopic (exact) mass is 435 g/mol. The molecule has 8 nitrogen and oxygen atoms in total. The summed E-state index contributed by atoms with van der Waals surface area (Å²) in [5.41, 5.74) is 3.23. The Morgan fingerprint density at radius 2 is 2.19 bits per heavy atom. The predicted molar refractivity (Wildman–Crippen MR) is 99.9 cm³/mol. The van der Waals surface area contributed by atoms with E-state index in [1.807, 2.05) is 0 Å². The average Bonchev–Trinajstić information content (AvgIpc) is 3.10. The quantitative estimate of drug-likeness (QED) is 0.320. The van der Waals surface area contributed by atoms with Gasteiger partial charge in [0.05, 0.1) is 17.6 Å². The summed E-state index contributed by atoms with van der Waals surface area (Å²) < 4.78 is 21.1. The molecule has 0 radical (unpaired) electrons. The Morgan fingerprint density at radius 1 is 1.33 bits per heavy atom. The van der Waals surface area contributed by atoms with E-state index in [0.29, 0.717) is 10.1 Å². The Balaban J connectivity index is 1.85. The van der Waals surface area contributed by atoms with Crippen LogP contribution in [-0.4, -0.2) is 33.7 Å². The van der Waals surface area contributed by atoms with Crippen molar-refractivity contribution in [1.82, 2.24) is 20.1 Å². The molecule has 2 N–H and O–H groups in total. The number of carbonyl (C=O) groups is 1. The molecule has 2 heterocycles. The first-order chi connectivity index (χ1) is 13.1. The van der Waals surface area contributed by atoms with Gasteiger partial charge in [-0.15, -0.1) is 0 Å². The van der Waals surface area contributed by atoms with Gasteiger partial charge in [-0.05, 0) is 18.2 Å². The predicted octanol–water partition coefficient (Wildman–Crippen LogP) is 3.20. The largest absolute Gasteiger partial charge is 0.499 e. The highest BCUT2D eigenvalue weighted by Gasteiger charge is 2.17. The normalized spacial score (nSPS) is 10.6. The molecule has 2 aromatic heterocycles. The molecular weight excluding hydrogens is 421 g/mol. The maximum absolute atomic E-state index is 14.2. The van der Waals surface area contributed by atoms with Crippen molar-refractivity contribution in [3.63, 3.8) is 0 Å². The van der Waals surface area contributed by atoms with E-state index in [1.165, 1.54) is 23.0 Å². The summed E-state index contributed by atoms with van der Waals surface area (Å²) in [7, 11) is 0. The van der Waals surface area contributed by atoms with Gasteiger partial charge in [-0.1, -0.05) is 22.5 Å². The molecule has 140 valence electrons. The summed E-state index contributed by atoms with van der Waals surface area (Å²) in [6, 6.07) is 6.12. The van der Waals surface area contributed by atoms with Crippen LogP contribution in [0.5, 0.6) is 0 Å². The lowest BCUT2D eigenvalue weighted by Crippen LogP contribution is -2.27. The molecule has 0 saturated heterocycles. The summed E-state index contributed by atoms with van der Waals surface area (Å²) >= 11 is 3.20. The van der Waals surface area contributed by atoms with Crippen LogP contribution in [0.15, 0.2) is 54.0 Å². The summed E-state index contributed by atoms with van der Waals surface area (Å²) in [6.07, 6.45) is 4.40. The minimum Gasteiger partial charge on any atom is -0.499 e. The molecule has 10 heteroatoms. The van der Waals surface area contributed by atoms with Crippen LogP contribution in [0.2, 0.25) is 0 Å². The van der Waals surface area contributed by atoms with E-state index >= 15 is 0 Å². The number of rotatable bonds is 8. The Labute approximate surface area is 162 Å². The molecule has 0 saturated carbocycles. The van der Waals surface area contributed by atoms with Gasteiger partial charge in [0.1, 0.15) is 19.0 Å². The number of benzene rings is 1. The van der Waals surface area contributed by atoms with Gasteiger partial charge < -0.3 is 10.1 Å². The number of nitrogens with zero attached hydrogens (tertiary/aromatic N) is 3.